The Morgan fingerprint density at radius 3 is 2.92 bits per heavy atom. The minimum atomic E-state index is 0.500. The second-order valence-corrected chi connectivity index (χ2v) is 3.27. The van der Waals surface area contributed by atoms with Crippen LogP contribution in [0.1, 0.15) is 11.1 Å². The van der Waals surface area contributed by atoms with E-state index in [-0.39, 0.29) is 0 Å². The Morgan fingerprint density at radius 2 is 2.15 bits per heavy atom. The lowest BCUT2D eigenvalue weighted by atomic mass is 10.0. The predicted octanol–water partition coefficient (Wildman–Crippen LogP) is 2.52. The first-order valence-electron chi connectivity index (χ1n) is 3.94. The van der Waals surface area contributed by atoms with Crippen LogP contribution in [-0.2, 0) is 6.54 Å². The molecule has 0 amide bonds. The standard InChI is InChI=1S/C10H7ClN2/c11-13-7-9-4-2-1-3-8(9)5-10(13)6-12/h1-5H,7H2. The van der Waals surface area contributed by atoms with E-state index in [9.17, 15) is 0 Å². The molecule has 0 aliphatic carbocycles. The zero-order valence-corrected chi connectivity index (χ0v) is 7.62. The highest BCUT2D eigenvalue weighted by Gasteiger charge is 2.14. The van der Waals surface area contributed by atoms with Crippen molar-refractivity contribution in [2.75, 3.05) is 0 Å². The largest absolute Gasteiger partial charge is 0.271 e. The van der Waals surface area contributed by atoms with E-state index in [1.165, 1.54) is 4.42 Å². The quantitative estimate of drug-likeness (QED) is 0.588. The van der Waals surface area contributed by atoms with Crippen molar-refractivity contribution in [2.24, 2.45) is 0 Å². The van der Waals surface area contributed by atoms with Gasteiger partial charge in [-0.1, -0.05) is 24.3 Å². The number of benzene rings is 1. The van der Waals surface area contributed by atoms with Gasteiger partial charge in [-0.05, 0) is 17.2 Å². The average molecular weight is 191 g/mol. The van der Waals surface area contributed by atoms with E-state index < -0.39 is 0 Å². The maximum absolute atomic E-state index is 8.74. The van der Waals surface area contributed by atoms with Gasteiger partial charge in [-0.2, -0.15) is 5.26 Å². The van der Waals surface area contributed by atoms with Crippen molar-refractivity contribution in [3.05, 3.63) is 41.1 Å². The van der Waals surface area contributed by atoms with Gasteiger partial charge in [0.25, 0.3) is 0 Å². The smallest absolute Gasteiger partial charge is 0.131 e. The topological polar surface area (TPSA) is 27.0 Å². The highest BCUT2D eigenvalue weighted by molar-refractivity contribution is 6.15. The molecule has 0 atom stereocenters. The molecule has 0 radical (unpaired) electrons. The lowest BCUT2D eigenvalue weighted by Crippen LogP contribution is -2.14. The SMILES string of the molecule is N#CC1=Cc2ccccc2CN1Cl. The highest BCUT2D eigenvalue weighted by atomic mass is 35.5. The first-order chi connectivity index (χ1) is 6.31. The van der Waals surface area contributed by atoms with Crippen molar-refractivity contribution < 1.29 is 0 Å². The molecule has 1 aliphatic rings. The zero-order valence-electron chi connectivity index (χ0n) is 6.87. The zero-order chi connectivity index (χ0) is 9.26. The van der Waals surface area contributed by atoms with Gasteiger partial charge in [0, 0.05) is 11.8 Å². The number of allylic oxidation sites excluding steroid dienone is 1. The van der Waals surface area contributed by atoms with Crippen LogP contribution in [0.4, 0.5) is 0 Å². The second-order valence-electron chi connectivity index (χ2n) is 2.86. The third kappa shape index (κ3) is 1.39. The third-order valence-corrected chi connectivity index (χ3v) is 2.33. The predicted molar refractivity (Wildman–Crippen MR) is 51.4 cm³/mol. The first-order valence-corrected chi connectivity index (χ1v) is 4.28. The van der Waals surface area contributed by atoms with Crippen LogP contribution in [0.15, 0.2) is 30.0 Å². The molecule has 64 valence electrons. The third-order valence-electron chi connectivity index (χ3n) is 2.03. The fourth-order valence-electron chi connectivity index (χ4n) is 1.36. The maximum Gasteiger partial charge on any atom is 0.131 e. The van der Waals surface area contributed by atoms with Gasteiger partial charge in [0.2, 0.25) is 0 Å². The molecular weight excluding hydrogens is 184 g/mol. The van der Waals surface area contributed by atoms with E-state index in [0.717, 1.165) is 11.1 Å². The van der Waals surface area contributed by atoms with Crippen LogP contribution in [0.25, 0.3) is 6.08 Å². The fourth-order valence-corrected chi connectivity index (χ4v) is 1.57. The van der Waals surface area contributed by atoms with Crippen LogP contribution in [0.5, 0.6) is 0 Å². The van der Waals surface area contributed by atoms with Crippen LogP contribution >= 0.6 is 11.8 Å². The van der Waals surface area contributed by atoms with E-state index in [4.69, 9.17) is 17.0 Å². The Kier molecular flexibility index (Phi) is 1.96. The van der Waals surface area contributed by atoms with Crippen molar-refractivity contribution in [1.82, 2.24) is 4.42 Å². The van der Waals surface area contributed by atoms with E-state index in [1.54, 1.807) is 6.08 Å². The summed E-state index contributed by atoms with van der Waals surface area (Å²) in [5.74, 6) is 0. The molecule has 0 saturated carbocycles. The van der Waals surface area contributed by atoms with E-state index in [2.05, 4.69) is 0 Å². The van der Waals surface area contributed by atoms with Gasteiger partial charge >= 0.3 is 0 Å². The monoisotopic (exact) mass is 190 g/mol. The van der Waals surface area contributed by atoms with E-state index in [1.807, 2.05) is 30.3 Å². The molecule has 2 nitrogen and oxygen atoms in total. The number of nitrogens with zero attached hydrogens (tertiary/aromatic N) is 2. The summed E-state index contributed by atoms with van der Waals surface area (Å²) in [6, 6.07) is 9.96. The molecule has 0 saturated heterocycles. The lowest BCUT2D eigenvalue weighted by Gasteiger charge is -2.20. The number of fused-ring (bicyclic) bond motifs is 1. The first kappa shape index (κ1) is 8.15. The molecule has 2 rings (SSSR count). The van der Waals surface area contributed by atoms with Crippen LogP contribution < -0.4 is 0 Å². The number of nitriles is 1. The molecule has 0 bridgehead atoms. The average Bonchev–Trinajstić information content (AvgIpc) is 2.17. The molecule has 0 spiro atoms. The van der Waals surface area contributed by atoms with Gasteiger partial charge in [0.05, 0.1) is 6.54 Å². The number of hydrogen-bond acceptors (Lipinski definition) is 2. The van der Waals surface area contributed by atoms with Crippen LogP contribution in [0.2, 0.25) is 0 Å². The summed E-state index contributed by atoms with van der Waals surface area (Å²) < 4.78 is 1.43. The lowest BCUT2D eigenvalue weighted by molar-refractivity contribution is 0.566. The molecule has 1 heterocycles. The van der Waals surface area contributed by atoms with E-state index in [0.29, 0.717) is 12.2 Å². The summed E-state index contributed by atoms with van der Waals surface area (Å²) >= 11 is 5.85. The van der Waals surface area contributed by atoms with Crippen molar-refractivity contribution in [3.63, 3.8) is 0 Å². The van der Waals surface area contributed by atoms with Crippen molar-refractivity contribution in [2.45, 2.75) is 6.54 Å². The van der Waals surface area contributed by atoms with Crippen LogP contribution in [-0.4, -0.2) is 4.42 Å². The molecule has 0 fully saturated rings. The Hall–Kier alpha value is -1.46. The van der Waals surface area contributed by atoms with Gasteiger partial charge < -0.3 is 0 Å². The number of halogens is 1. The number of rotatable bonds is 0. The second kappa shape index (κ2) is 3.12. The summed E-state index contributed by atoms with van der Waals surface area (Å²) in [7, 11) is 0. The molecule has 1 aromatic carbocycles. The normalized spacial score (nSPS) is 14.5. The summed E-state index contributed by atoms with van der Waals surface area (Å²) in [5, 5.41) is 8.74. The molecule has 1 aliphatic heterocycles. The van der Waals surface area contributed by atoms with Crippen molar-refractivity contribution >= 4 is 17.9 Å². The molecular formula is C10H7ClN2. The maximum atomic E-state index is 8.74. The van der Waals surface area contributed by atoms with Crippen molar-refractivity contribution in [1.29, 1.82) is 5.26 Å². The van der Waals surface area contributed by atoms with Crippen LogP contribution in [0.3, 0.4) is 0 Å². The van der Waals surface area contributed by atoms with Gasteiger partial charge in [-0.15, -0.1) is 0 Å². The summed E-state index contributed by atoms with van der Waals surface area (Å²) in [6.07, 6.45) is 1.80. The molecule has 1 aromatic rings. The molecule has 0 aromatic heterocycles. The van der Waals surface area contributed by atoms with E-state index >= 15 is 0 Å². The Morgan fingerprint density at radius 1 is 1.38 bits per heavy atom. The minimum Gasteiger partial charge on any atom is -0.271 e. The molecule has 0 N–H and O–H groups in total. The van der Waals surface area contributed by atoms with Gasteiger partial charge in [0.1, 0.15) is 11.8 Å². The van der Waals surface area contributed by atoms with Gasteiger partial charge in [0.15, 0.2) is 0 Å². The van der Waals surface area contributed by atoms with Crippen LogP contribution in [0, 0.1) is 11.3 Å². The highest BCUT2D eigenvalue weighted by Crippen LogP contribution is 2.25. The fraction of sp³-hybridized carbons (Fsp3) is 0.100. The Balaban J connectivity index is 2.51. The summed E-state index contributed by atoms with van der Waals surface area (Å²) in [4.78, 5) is 0. The molecule has 3 heteroatoms. The number of hydrogen-bond donors (Lipinski definition) is 0. The van der Waals surface area contributed by atoms with Gasteiger partial charge in [-0.25, -0.2) is 0 Å². The van der Waals surface area contributed by atoms with Gasteiger partial charge in [-0.3, -0.25) is 4.42 Å². The Bertz CT molecular complexity index is 404. The summed E-state index contributed by atoms with van der Waals surface area (Å²) in [6.45, 7) is 0.594. The molecule has 0 unspecified atom stereocenters. The van der Waals surface area contributed by atoms with Crippen molar-refractivity contribution in [3.8, 4) is 6.07 Å². The summed E-state index contributed by atoms with van der Waals surface area (Å²) in [5.41, 5.74) is 2.73. The Labute approximate surface area is 81.8 Å². The minimum absolute atomic E-state index is 0.500. The molecule has 13 heavy (non-hydrogen) atoms.